The number of carboxylic acids is 3. The Kier molecular flexibility index (Phi) is 17.2. The van der Waals surface area contributed by atoms with Crippen molar-refractivity contribution in [3.05, 3.63) is 0 Å². The molecule has 0 aromatic heterocycles. The normalized spacial score (nSPS) is 18.9. The molecule has 0 unspecified atom stereocenters. The van der Waals surface area contributed by atoms with Gasteiger partial charge in [-0.3, -0.25) is 38.4 Å². The Hall–Kier alpha value is -4.89. The highest BCUT2D eigenvalue weighted by Gasteiger charge is 2.39. The van der Waals surface area contributed by atoms with Crippen LogP contribution in [0.15, 0.2) is 0 Å². The van der Waals surface area contributed by atoms with Gasteiger partial charge in [-0.15, -0.1) is 0 Å². The van der Waals surface area contributed by atoms with Gasteiger partial charge in [0, 0.05) is 6.54 Å². The van der Waals surface area contributed by atoms with Crippen LogP contribution in [0.3, 0.4) is 0 Å². The molecule has 12 N–H and O–H groups in total. The predicted octanol–water partition coefficient (Wildman–Crippen LogP) is -4.80. The number of nitrogens with two attached hydrogens (primary N) is 1. The number of hydrogen-bond donors (Lipinski definition) is 11. The molecule has 9 atom stereocenters. The molecule has 0 bridgehead atoms. The molecule has 1 fully saturated rings. The highest BCUT2D eigenvalue weighted by Crippen LogP contribution is 2.19. The average molecular weight is 718 g/mol. The third-order valence-corrected chi connectivity index (χ3v) is 8.00. The van der Waals surface area contributed by atoms with Crippen molar-refractivity contribution in [1.29, 1.82) is 0 Å². The first-order valence-electron chi connectivity index (χ1n) is 15.8. The van der Waals surface area contributed by atoms with Gasteiger partial charge in [0.2, 0.25) is 35.4 Å². The van der Waals surface area contributed by atoms with Crippen molar-refractivity contribution in [1.82, 2.24) is 31.5 Å². The van der Waals surface area contributed by atoms with Crippen LogP contribution in [0.4, 0.5) is 0 Å². The SMILES string of the molecule is CC[C@H](C)[C@H](NC(=O)[C@H](CC(=O)O)NC(=O)[C@@H](N)[C@@H](C)O)C(=O)N[C@@H](CC(=O)O)C(=O)N[C@@H](C)C(=O)N1CCC[C@H]1C(=O)N[C@@H](CO)C(=O)O. The highest BCUT2D eigenvalue weighted by atomic mass is 16.4. The maximum atomic E-state index is 13.4. The van der Waals surface area contributed by atoms with Gasteiger partial charge in [-0.25, -0.2) is 4.79 Å². The van der Waals surface area contributed by atoms with Crippen molar-refractivity contribution in [2.45, 2.75) is 108 Å². The summed E-state index contributed by atoms with van der Waals surface area (Å²) in [4.78, 5) is 113. The third-order valence-electron chi connectivity index (χ3n) is 8.00. The molecule has 0 spiro atoms. The van der Waals surface area contributed by atoms with Gasteiger partial charge in [0.1, 0.15) is 42.3 Å². The molecule has 1 heterocycles. The number of carboxylic acid groups (broad SMARTS) is 3. The Labute approximate surface area is 286 Å². The van der Waals surface area contributed by atoms with Gasteiger partial charge in [0.05, 0.1) is 25.6 Å². The van der Waals surface area contributed by atoms with E-state index in [9.17, 15) is 63.6 Å². The lowest BCUT2D eigenvalue weighted by molar-refractivity contribution is -0.145. The number of nitrogens with one attached hydrogen (secondary N) is 5. The van der Waals surface area contributed by atoms with Gasteiger partial charge < -0.3 is 62.8 Å². The number of rotatable bonds is 20. The molecular weight excluding hydrogens is 670 g/mol. The van der Waals surface area contributed by atoms with Crippen LogP contribution in [0.2, 0.25) is 0 Å². The molecule has 0 radical (unpaired) electrons. The van der Waals surface area contributed by atoms with Gasteiger partial charge in [-0.05, 0) is 32.6 Å². The van der Waals surface area contributed by atoms with Crippen molar-refractivity contribution < 1.29 is 68.7 Å². The maximum Gasteiger partial charge on any atom is 0.328 e. The lowest BCUT2D eigenvalue weighted by Gasteiger charge is -2.30. The van der Waals surface area contributed by atoms with E-state index in [1.807, 2.05) is 0 Å². The Morgan fingerprint density at radius 2 is 1.28 bits per heavy atom. The van der Waals surface area contributed by atoms with Crippen LogP contribution in [-0.2, 0) is 43.2 Å². The van der Waals surface area contributed by atoms with Gasteiger partial charge in [-0.1, -0.05) is 20.3 Å². The number of carbonyl (C=O) groups excluding carboxylic acids is 6. The number of amides is 6. The molecule has 0 aliphatic carbocycles. The fourth-order valence-corrected chi connectivity index (χ4v) is 4.85. The summed E-state index contributed by atoms with van der Waals surface area (Å²) < 4.78 is 0. The Morgan fingerprint density at radius 3 is 1.74 bits per heavy atom. The maximum absolute atomic E-state index is 13.4. The van der Waals surface area contributed by atoms with Crippen LogP contribution in [0, 0.1) is 5.92 Å². The average Bonchev–Trinajstić information content (AvgIpc) is 3.53. The van der Waals surface area contributed by atoms with Crippen LogP contribution in [0.5, 0.6) is 0 Å². The molecule has 21 heteroatoms. The molecule has 282 valence electrons. The second-order valence-corrected chi connectivity index (χ2v) is 12.0. The Morgan fingerprint density at radius 1 is 0.760 bits per heavy atom. The van der Waals surface area contributed by atoms with E-state index >= 15 is 0 Å². The van der Waals surface area contributed by atoms with E-state index in [0.29, 0.717) is 6.42 Å². The minimum atomic E-state index is -1.80. The van der Waals surface area contributed by atoms with Gasteiger partial charge in [0.25, 0.3) is 0 Å². The molecule has 1 aliphatic heterocycles. The minimum Gasteiger partial charge on any atom is -0.481 e. The number of hydrogen-bond acceptors (Lipinski definition) is 12. The van der Waals surface area contributed by atoms with E-state index < -0.39 is 127 Å². The topological polar surface area (TPSA) is 344 Å². The number of aliphatic carboxylic acids is 3. The molecular formula is C29H47N7O14. The van der Waals surface area contributed by atoms with Crippen molar-refractivity contribution in [2.24, 2.45) is 11.7 Å². The van der Waals surface area contributed by atoms with Crippen LogP contribution < -0.4 is 32.3 Å². The van der Waals surface area contributed by atoms with Gasteiger partial charge >= 0.3 is 17.9 Å². The van der Waals surface area contributed by atoms with Gasteiger partial charge in [-0.2, -0.15) is 0 Å². The summed E-state index contributed by atoms with van der Waals surface area (Å²) in [5.41, 5.74) is 5.56. The molecule has 1 rings (SSSR count). The molecule has 1 saturated heterocycles. The monoisotopic (exact) mass is 717 g/mol. The fraction of sp³-hybridized carbons (Fsp3) is 0.690. The lowest BCUT2D eigenvalue weighted by atomic mass is 9.97. The van der Waals surface area contributed by atoms with E-state index in [1.165, 1.54) is 20.8 Å². The molecule has 1 aliphatic rings. The lowest BCUT2D eigenvalue weighted by Crippen LogP contribution is -2.61. The highest BCUT2D eigenvalue weighted by molar-refractivity contribution is 5.98. The van der Waals surface area contributed by atoms with Crippen molar-refractivity contribution >= 4 is 53.4 Å². The van der Waals surface area contributed by atoms with E-state index in [0.717, 1.165) is 4.90 Å². The summed E-state index contributed by atoms with van der Waals surface area (Å²) in [6.45, 7) is 4.76. The summed E-state index contributed by atoms with van der Waals surface area (Å²) >= 11 is 0. The Balaban J connectivity index is 3.14. The van der Waals surface area contributed by atoms with E-state index in [4.69, 9.17) is 10.8 Å². The van der Waals surface area contributed by atoms with Crippen molar-refractivity contribution in [3.8, 4) is 0 Å². The summed E-state index contributed by atoms with van der Waals surface area (Å²) in [6.07, 6.45) is -2.50. The van der Waals surface area contributed by atoms with Crippen molar-refractivity contribution in [3.63, 3.8) is 0 Å². The van der Waals surface area contributed by atoms with E-state index in [2.05, 4.69) is 26.6 Å². The van der Waals surface area contributed by atoms with Crippen LogP contribution in [0.25, 0.3) is 0 Å². The zero-order valence-corrected chi connectivity index (χ0v) is 28.1. The van der Waals surface area contributed by atoms with Gasteiger partial charge in [0.15, 0.2) is 0 Å². The standard InChI is InChI=1S/C29H47N7O14/c1-5-12(2)22(35-24(44)16(10-20(41)42)32-26(46)21(30)14(4)38)27(47)33-15(9-19(39)40)23(43)31-13(3)28(48)36-8-6-7-18(36)25(45)34-17(11-37)29(49)50/h12-18,21-22,37-38H,5-11,30H2,1-4H3,(H,31,43)(H,32,46)(H,33,47)(H,34,45)(H,35,44)(H,39,40)(H,41,42)(H,49,50)/t12-,13-,14+,15-,16-,17-,18-,21-,22-/m0/s1. The number of carbonyl (C=O) groups is 9. The van der Waals surface area contributed by atoms with Crippen molar-refractivity contribution in [2.75, 3.05) is 13.2 Å². The van der Waals surface area contributed by atoms with Crippen LogP contribution in [-0.4, -0.2) is 145 Å². The van der Waals surface area contributed by atoms with Crippen LogP contribution >= 0.6 is 0 Å². The van der Waals surface area contributed by atoms with Crippen LogP contribution in [0.1, 0.15) is 59.8 Å². The first-order chi connectivity index (χ1) is 23.2. The molecule has 0 aromatic carbocycles. The number of aliphatic hydroxyl groups is 2. The number of likely N-dealkylation sites (tertiary alicyclic amines) is 1. The molecule has 21 nitrogen and oxygen atoms in total. The smallest absolute Gasteiger partial charge is 0.328 e. The molecule has 0 aromatic rings. The third kappa shape index (κ3) is 12.9. The quantitative estimate of drug-likeness (QED) is 0.0563. The largest absolute Gasteiger partial charge is 0.481 e. The molecule has 0 saturated carbocycles. The second kappa shape index (κ2) is 19.9. The summed E-state index contributed by atoms with van der Waals surface area (Å²) in [5, 5.41) is 57.7. The van der Waals surface area contributed by atoms with E-state index in [-0.39, 0.29) is 19.4 Å². The first-order valence-corrected chi connectivity index (χ1v) is 15.8. The molecule has 50 heavy (non-hydrogen) atoms. The predicted molar refractivity (Wildman–Crippen MR) is 168 cm³/mol. The summed E-state index contributed by atoms with van der Waals surface area (Å²) in [5.74, 6) is -11.2. The zero-order valence-electron chi connectivity index (χ0n) is 28.1. The number of nitrogens with zero attached hydrogens (tertiary/aromatic N) is 1. The zero-order chi connectivity index (χ0) is 38.5. The Bertz CT molecular complexity index is 1290. The minimum absolute atomic E-state index is 0.0634. The molecule has 6 amide bonds. The van der Waals surface area contributed by atoms with E-state index in [1.54, 1.807) is 6.92 Å². The first kappa shape index (κ1) is 43.1. The second-order valence-electron chi connectivity index (χ2n) is 12.0. The summed E-state index contributed by atoms with van der Waals surface area (Å²) in [7, 11) is 0. The fourth-order valence-electron chi connectivity index (χ4n) is 4.85. The number of aliphatic hydroxyl groups excluding tert-OH is 2. The summed E-state index contributed by atoms with van der Waals surface area (Å²) in [6, 6.07) is -10.6.